The molecule has 0 aromatic carbocycles. The zero-order valence-corrected chi connectivity index (χ0v) is 10.6. The van der Waals surface area contributed by atoms with Crippen LogP contribution in [0, 0.1) is 0 Å². The highest BCUT2D eigenvalue weighted by molar-refractivity contribution is 5.03. The second kappa shape index (κ2) is 5.64. The van der Waals surface area contributed by atoms with Crippen molar-refractivity contribution in [2.75, 3.05) is 40.8 Å². The van der Waals surface area contributed by atoms with Gasteiger partial charge in [-0.2, -0.15) is 0 Å². The van der Waals surface area contributed by atoms with E-state index in [1.54, 1.807) is 0 Å². The molecule has 2 unspecified atom stereocenters. The van der Waals surface area contributed by atoms with Gasteiger partial charge in [0.1, 0.15) is 0 Å². The first-order chi connectivity index (χ1) is 7.04. The molecule has 0 radical (unpaired) electrons. The molecule has 0 spiro atoms. The quantitative estimate of drug-likeness (QED) is 0.694. The predicted molar refractivity (Wildman–Crippen MR) is 66.2 cm³/mol. The summed E-state index contributed by atoms with van der Waals surface area (Å²) < 4.78 is 0. The summed E-state index contributed by atoms with van der Waals surface area (Å²) in [6, 6.07) is 1.10. The van der Waals surface area contributed by atoms with E-state index in [1.807, 2.05) is 7.05 Å². The van der Waals surface area contributed by atoms with Gasteiger partial charge in [0.2, 0.25) is 0 Å². The second-order valence-electron chi connectivity index (χ2n) is 4.82. The number of rotatable bonds is 4. The smallest absolute Gasteiger partial charge is 0.0286 e. The van der Waals surface area contributed by atoms with Gasteiger partial charge in [-0.05, 0) is 34.5 Å². The molecule has 0 aromatic heterocycles. The molecule has 3 nitrogen and oxygen atoms in total. The highest BCUT2D eigenvalue weighted by Crippen LogP contribution is 2.14. The van der Waals surface area contributed by atoms with Crippen LogP contribution in [0.15, 0.2) is 12.2 Å². The van der Waals surface area contributed by atoms with Crippen molar-refractivity contribution in [3.05, 3.63) is 12.2 Å². The van der Waals surface area contributed by atoms with Crippen LogP contribution in [0.1, 0.15) is 13.3 Å². The summed E-state index contributed by atoms with van der Waals surface area (Å²) in [4.78, 5) is 4.88. The Morgan fingerprint density at radius 1 is 1.47 bits per heavy atom. The summed E-state index contributed by atoms with van der Waals surface area (Å²) in [5, 5.41) is 3.34. The molecular formula is C12H25N3. The van der Waals surface area contributed by atoms with E-state index < -0.39 is 0 Å². The van der Waals surface area contributed by atoms with E-state index in [1.165, 1.54) is 25.2 Å². The third-order valence-corrected chi connectivity index (χ3v) is 3.43. The topological polar surface area (TPSA) is 18.5 Å². The number of hydrogen-bond donors (Lipinski definition) is 1. The molecule has 1 rings (SSSR count). The van der Waals surface area contributed by atoms with Gasteiger partial charge >= 0.3 is 0 Å². The molecule has 0 amide bonds. The lowest BCUT2D eigenvalue weighted by Gasteiger charge is -2.39. The molecule has 0 bridgehead atoms. The van der Waals surface area contributed by atoms with Crippen LogP contribution >= 0.6 is 0 Å². The fraction of sp³-hybridized carbons (Fsp3) is 0.833. The SMILES string of the molecule is C=C(C)C(CC1CN(C)CCN1C)NC. The first-order valence-corrected chi connectivity index (χ1v) is 5.76. The van der Waals surface area contributed by atoms with Crippen LogP contribution in [0.5, 0.6) is 0 Å². The van der Waals surface area contributed by atoms with E-state index in [2.05, 4.69) is 42.7 Å². The van der Waals surface area contributed by atoms with Crippen LogP contribution in [0.25, 0.3) is 0 Å². The zero-order chi connectivity index (χ0) is 11.4. The summed E-state index contributed by atoms with van der Waals surface area (Å²) in [7, 11) is 6.45. The standard InChI is InChI=1S/C12H25N3/c1-10(2)12(13-3)8-11-9-14(4)6-7-15(11)5/h11-13H,1,6-9H2,2-5H3. The lowest BCUT2D eigenvalue weighted by atomic mass is 9.99. The zero-order valence-electron chi connectivity index (χ0n) is 10.6. The minimum atomic E-state index is 0.448. The van der Waals surface area contributed by atoms with Crippen molar-refractivity contribution in [1.29, 1.82) is 0 Å². The molecule has 1 saturated heterocycles. The monoisotopic (exact) mass is 211 g/mol. The van der Waals surface area contributed by atoms with Crippen LogP contribution in [-0.4, -0.2) is 62.7 Å². The maximum Gasteiger partial charge on any atom is 0.0286 e. The van der Waals surface area contributed by atoms with E-state index in [4.69, 9.17) is 0 Å². The van der Waals surface area contributed by atoms with Gasteiger partial charge in [-0.15, -0.1) is 0 Å². The third kappa shape index (κ3) is 3.59. The Bertz CT molecular complexity index is 215. The van der Waals surface area contributed by atoms with Crippen LogP contribution in [0.3, 0.4) is 0 Å². The minimum absolute atomic E-state index is 0.448. The molecule has 1 aliphatic heterocycles. The molecule has 2 atom stereocenters. The first kappa shape index (κ1) is 12.7. The molecular weight excluding hydrogens is 186 g/mol. The molecule has 3 heteroatoms. The molecule has 0 aromatic rings. The van der Waals surface area contributed by atoms with Gasteiger partial charge in [0.15, 0.2) is 0 Å². The summed E-state index contributed by atoms with van der Waals surface area (Å²) in [5.74, 6) is 0. The Labute approximate surface area is 94.1 Å². The van der Waals surface area contributed by atoms with Crippen molar-refractivity contribution in [3.8, 4) is 0 Å². The number of nitrogens with one attached hydrogen (secondary N) is 1. The highest BCUT2D eigenvalue weighted by atomic mass is 15.3. The van der Waals surface area contributed by atoms with E-state index in [-0.39, 0.29) is 0 Å². The molecule has 1 heterocycles. The Morgan fingerprint density at radius 3 is 2.67 bits per heavy atom. The Kier molecular flexibility index (Phi) is 4.77. The highest BCUT2D eigenvalue weighted by Gasteiger charge is 2.24. The number of piperazine rings is 1. The van der Waals surface area contributed by atoms with Gasteiger partial charge in [-0.25, -0.2) is 0 Å². The van der Waals surface area contributed by atoms with Gasteiger partial charge in [-0.1, -0.05) is 12.2 Å². The van der Waals surface area contributed by atoms with Crippen molar-refractivity contribution < 1.29 is 0 Å². The van der Waals surface area contributed by atoms with Crippen molar-refractivity contribution in [3.63, 3.8) is 0 Å². The van der Waals surface area contributed by atoms with E-state index in [9.17, 15) is 0 Å². The third-order valence-electron chi connectivity index (χ3n) is 3.43. The Morgan fingerprint density at radius 2 is 2.13 bits per heavy atom. The van der Waals surface area contributed by atoms with Gasteiger partial charge in [0.25, 0.3) is 0 Å². The van der Waals surface area contributed by atoms with Gasteiger partial charge in [-0.3, -0.25) is 0 Å². The number of likely N-dealkylation sites (N-methyl/N-ethyl adjacent to an activating group) is 3. The maximum absolute atomic E-state index is 4.04. The molecule has 1 N–H and O–H groups in total. The van der Waals surface area contributed by atoms with Gasteiger partial charge in [0, 0.05) is 31.7 Å². The molecule has 0 saturated carbocycles. The first-order valence-electron chi connectivity index (χ1n) is 5.76. The second-order valence-corrected chi connectivity index (χ2v) is 4.82. The van der Waals surface area contributed by atoms with E-state index >= 15 is 0 Å². The summed E-state index contributed by atoms with van der Waals surface area (Å²) >= 11 is 0. The molecule has 88 valence electrons. The van der Waals surface area contributed by atoms with Crippen LogP contribution in [-0.2, 0) is 0 Å². The normalized spacial score (nSPS) is 26.5. The van der Waals surface area contributed by atoms with Crippen molar-refractivity contribution >= 4 is 0 Å². The van der Waals surface area contributed by atoms with Gasteiger partial charge in [0.05, 0.1) is 0 Å². The Balaban J connectivity index is 2.50. The lowest BCUT2D eigenvalue weighted by molar-refractivity contribution is 0.104. The van der Waals surface area contributed by atoms with E-state index in [0.29, 0.717) is 12.1 Å². The van der Waals surface area contributed by atoms with Crippen molar-refractivity contribution in [2.24, 2.45) is 0 Å². The van der Waals surface area contributed by atoms with Crippen molar-refractivity contribution in [2.45, 2.75) is 25.4 Å². The summed E-state index contributed by atoms with van der Waals surface area (Å²) in [6.45, 7) is 9.67. The van der Waals surface area contributed by atoms with Crippen molar-refractivity contribution in [1.82, 2.24) is 15.1 Å². The van der Waals surface area contributed by atoms with Gasteiger partial charge < -0.3 is 15.1 Å². The van der Waals surface area contributed by atoms with Crippen LogP contribution < -0.4 is 5.32 Å². The summed E-state index contributed by atoms with van der Waals surface area (Å²) in [6.07, 6.45) is 1.16. The molecule has 1 aliphatic rings. The molecule has 0 aliphatic carbocycles. The minimum Gasteiger partial charge on any atom is -0.313 e. The predicted octanol–water partition coefficient (Wildman–Crippen LogP) is 0.786. The number of nitrogens with zero attached hydrogens (tertiary/aromatic N) is 2. The lowest BCUT2D eigenvalue weighted by Crippen LogP contribution is -2.52. The maximum atomic E-state index is 4.04. The average Bonchev–Trinajstić information content (AvgIpc) is 2.18. The fourth-order valence-corrected chi connectivity index (χ4v) is 2.19. The van der Waals surface area contributed by atoms with Crippen LogP contribution in [0.4, 0.5) is 0 Å². The molecule has 15 heavy (non-hydrogen) atoms. The average molecular weight is 211 g/mol. The Hall–Kier alpha value is -0.380. The van der Waals surface area contributed by atoms with E-state index in [0.717, 1.165) is 6.42 Å². The fourth-order valence-electron chi connectivity index (χ4n) is 2.19. The number of hydrogen-bond acceptors (Lipinski definition) is 3. The largest absolute Gasteiger partial charge is 0.313 e. The van der Waals surface area contributed by atoms with Crippen LogP contribution in [0.2, 0.25) is 0 Å². The molecule has 1 fully saturated rings. The summed E-state index contributed by atoms with van der Waals surface area (Å²) in [5.41, 5.74) is 1.24.